The smallest absolute Gasteiger partial charge is 0.343 e. The fraction of sp³-hybridized carbons (Fsp3) is 0. The van der Waals surface area contributed by atoms with E-state index in [9.17, 15) is 4.79 Å². The van der Waals surface area contributed by atoms with Gasteiger partial charge in [-0.2, -0.15) is 5.26 Å². The van der Waals surface area contributed by atoms with Crippen molar-refractivity contribution in [3.05, 3.63) is 83.9 Å². The number of aromatic nitrogens is 1. The summed E-state index contributed by atoms with van der Waals surface area (Å²) in [4.78, 5) is 16.6. The van der Waals surface area contributed by atoms with E-state index in [-0.39, 0.29) is 0 Å². The zero-order chi connectivity index (χ0) is 17.9. The normalized spacial score (nSPS) is 10.4. The highest BCUT2D eigenvalue weighted by molar-refractivity contribution is 5.91. The highest BCUT2D eigenvalue weighted by Crippen LogP contribution is 2.27. The van der Waals surface area contributed by atoms with Gasteiger partial charge in [-0.3, -0.25) is 0 Å². The fourth-order valence-electron chi connectivity index (χ4n) is 2.52. The van der Waals surface area contributed by atoms with E-state index in [2.05, 4.69) is 11.1 Å². The van der Waals surface area contributed by atoms with Crippen molar-refractivity contribution < 1.29 is 13.9 Å². The van der Waals surface area contributed by atoms with Crippen molar-refractivity contribution in [2.24, 2.45) is 0 Å². The molecule has 0 aliphatic rings. The van der Waals surface area contributed by atoms with Gasteiger partial charge in [0.25, 0.3) is 0 Å². The maximum absolute atomic E-state index is 12.1. The largest absolute Gasteiger partial charge is 0.436 e. The molecule has 0 atom stereocenters. The van der Waals surface area contributed by atoms with Gasteiger partial charge in [0, 0.05) is 11.6 Å². The molecule has 0 amide bonds. The summed E-state index contributed by atoms with van der Waals surface area (Å²) in [5, 5.41) is 8.87. The lowest BCUT2D eigenvalue weighted by atomic mass is 10.1. The van der Waals surface area contributed by atoms with Crippen LogP contribution in [-0.4, -0.2) is 11.0 Å². The Morgan fingerprint density at radius 2 is 1.77 bits per heavy atom. The number of oxazole rings is 1. The van der Waals surface area contributed by atoms with Crippen LogP contribution in [0.3, 0.4) is 0 Å². The molecule has 0 aliphatic heterocycles. The summed E-state index contributed by atoms with van der Waals surface area (Å²) in [6.07, 6.45) is 0. The molecule has 4 rings (SSSR count). The summed E-state index contributed by atoms with van der Waals surface area (Å²) in [6.45, 7) is 0. The number of rotatable bonds is 3. The minimum absolute atomic E-state index is 0.394. The van der Waals surface area contributed by atoms with Crippen molar-refractivity contribution in [3.8, 4) is 23.3 Å². The van der Waals surface area contributed by atoms with Gasteiger partial charge in [0.15, 0.2) is 5.58 Å². The molecule has 5 nitrogen and oxygen atoms in total. The van der Waals surface area contributed by atoms with Gasteiger partial charge in [0.05, 0.1) is 17.2 Å². The number of carbonyl (C=O) groups is 1. The predicted octanol–water partition coefficient (Wildman–Crippen LogP) is 4.59. The number of esters is 1. The van der Waals surface area contributed by atoms with Crippen molar-refractivity contribution in [3.63, 3.8) is 0 Å². The third kappa shape index (κ3) is 3.04. The molecule has 0 spiro atoms. The Morgan fingerprint density at radius 1 is 1.00 bits per heavy atom. The van der Waals surface area contributed by atoms with Crippen molar-refractivity contribution in [2.45, 2.75) is 0 Å². The molecule has 0 unspecified atom stereocenters. The molecule has 3 aromatic carbocycles. The Hall–Kier alpha value is -3.91. The first-order valence-electron chi connectivity index (χ1n) is 7.91. The van der Waals surface area contributed by atoms with Crippen LogP contribution in [0.4, 0.5) is 0 Å². The van der Waals surface area contributed by atoms with Crippen molar-refractivity contribution >= 4 is 17.1 Å². The van der Waals surface area contributed by atoms with Crippen LogP contribution < -0.4 is 4.74 Å². The van der Waals surface area contributed by atoms with E-state index in [1.165, 1.54) is 0 Å². The molecule has 1 aromatic heterocycles. The number of ether oxygens (including phenoxy) is 1. The molecule has 26 heavy (non-hydrogen) atoms. The number of nitrogens with zero attached hydrogens (tertiary/aromatic N) is 2. The van der Waals surface area contributed by atoms with Gasteiger partial charge >= 0.3 is 5.97 Å². The quantitative estimate of drug-likeness (QED) is 0.403. The molecule has 1 heterocycles. The Morgan fingerprint density at radius 3 is 2.50 bits per heavy atom. The summed E-state index contributed by atoms with van der Waals surface area (Å²) >= 11 is 0. The van der Waals surface area contributed by atoms with Crippen LogP contribution in [0, 0.1) is 11.3 Å². The molecular formula is C21H12N2O3. The van der Waals surface area contributed by atoms with E-state index in [0.29, 0.717) is 33.9 Å². The van der Waals surface area contributed by atoms with Crippen molar-refractivity contribution in [1.29, 1.82) is 5.26 Å². The van der Waals surface area contributed by atoms with Crippen molar-refractivity contribution in [2.75, 3.05) is 0 Å². The average Bonchev–Trinajstić information content (AvgIpc) is 3.12. The van der Waals surface area contributed by atoms with E-state index in [1.807, 2.05) is 6.07 Å². The fourth-order valence-corrected chi connectivity index (χ4v) is 2.52. The number of nitriles is 1. The monoisotopic (exact) mass is 340 g/mol. The SMILES string of the molecule is N#Cc1ccc(-c2nc3cc(OC(=O)c4ccccc4)ccc3o2)cc1. The number of carbonyl (C=O) groups excluding carboxylic acids is 1. The number of benzene rings is 3. The molecule has 0 N–H and O–H groups in total. The second-order valence-corrected chi connectivity index (χ2v) is 5.59. The summed E-state index contributed by atoms with van der Waals surface area (Å²) < 4.78 is 11.1. The minimum atomic E-state index is -0.430. The molecule has 0 saturated heterocycles. The second-order valence-electron chi connectivity index (χ2n) is 5.59. The molecule has 0 bridgehead atoms. The third-order valence-corrected chi connectivity index (χ3v) is 3.84. The van der Waals surface area contributed by atoms with Gasteiger partial charge in [-0.1, -0.05) is 18.2 Å². The molecule has 5 heteroatoms. The van der Waals surface area contributed by atoms with Gasteiger partial charge in [-0.05, 0) is 48.5 Å². The number of fused-ring (bicyclic) bond motifs is 1. The topological polar surface area (TPSA) is 76.1 Å². The van der Waals surface area contributed by atoms with Crippen LogP contribution in [-0.2, 0) is 0 Å². The Bertz CT molecular complexity index is 1120. The molecular weight excluding hydrogens is 328 g/mol. The maximum Gasteiger partial charge on any atom is 0.343 e. The highest BCUT2D eigenvalue weighted by Gasteiger charge is 2.12. The first kappa shape index (κ1) is 15.6. The predicted molar refractivity (Wildman–Crippen MR) is 95.6 cm³/mol. The van der Waals surface area contributed by atoms with E-state index in [4.69, 9.17) is 14.4 Å². The van der Waals surface area contributed by atoms with Gasteiger partial charge in [0.2, 0.25) is 5.89 Å². The number of hydrogen-bond acceptors (Lipinski definition) is 5. The Labute approximate surface area is 149 Å². The zero-order valence-corrected chi connectivity index (χ0v) is 13.5. The second kappa shape index (κ2) is 6.54. The lowest BCUT2D eigenvalue weighted by molar-refractivity contribution is 0.0735. The molecule has 0 saturated carbocycles. The van der Waals surface area contributed by atoms with Crippen LogP contribution in [0.5, 0.6) is 5.75 Å². The average molecular weight is 340 g/mol. The minimum Gasteiger partial charge on any atom is -0.436 e. The van der Waals surface area contributed by atoms with Crippen LogP contribution in [0.1, 0.15) is 15.9 Å². The molecule has 0 radical (unpaired) electrons. The van der Waals surface area contributed by atoms with Gasteiger partial charge in [-0.25, -0.2) is 9.78 Å². The lowest BCUT2D eigenvalue weighted by Crippen LogP contribution is -2.07. The summed E-state index contributed by atoms with van der Waals surface area (Å²) in [5.41, 5.74) is 2.99. The Balaban J connectivity index is 1.61. The molecule has 0 aliphatic carbocycles. The third-order valence-electron chi connectivity index (χ3n) is 3.84. The summed E-state index contributed by atoms with van der Waals surface area (Å²) in [5.74, 6) is 0.405. The van der Waals surface area contributed by atoms with Gasteiger partial charge < -0.3 is 9.15 Å². The summed E-state index contributed by atoms with van der Waals surface area (Å²) in [7, 11) is 0. The van der Waals surface area contributed by atoms with Crippen LogP contribution in [0.2, 0.25) is 0 Å². The van der Waals surface area contributed by atoms with Crippen LogP contribution >= 0.6 is 0 Å². The van der Waals surface area contributed by atoms with E-state index in [0.717, 1.165) is 5.56 Å². The van der Waals surface area contributed by atoms with Crippen LogP contribution in [0.25, 0.3) is 22.6 Å². The molecule has 124 valence electrons. The maximum atomic E-state index is 12.1. The number of hydrogen-bond donors (Lipinski definition) is 0. The van der Waals surface area contributed by atoms with E-state index in [1.54, 1.807) is 66.7 Å². The van der Waals surface area contributed by atoms with E-state index >= 15 is 0 Å². The van der Waals surface area contributed by atoms with E-state index < -0.39 is 5.97 Å². The summed E-state index contributed by atoms with van der Waals surface area (Å²) in [6, 6.07) is 22.9. The van der Waals surface area contributed by atoms with Crippen LogP contribution in [0.15, 0.2) is 77.2 Å². The molecule has 0 fully saturated rings. The first-order valence-corrected chi connectivity index (χ1v) is 7.91. The zero-order valence-electron chi connectivity index (χ0n) is 13.5. The van der Waals surface area contributed by atoms with Gasteiger partial charge in [-0.15, -0.1) is 0 Å². The van der Waals surface area contributed by atoms with Crippen molar-refractivity contribution in [1.82, 2.24) is 4.98 Å². The highest BCUT2D eigenvalue weighted by atomic mass is 16.5. The van der Waals surface area contributed by atoms with Gasteiger partial charge in [0.1, 0.15) is 11.3 Å². The first-order chi connectivity index (χ1) is 12.7. The standard InChI is InChI=1S/C21H12N2O3/c22-13-14-6-8-15(9-7-14)20-23-18-12-17(10-11-19(18)26-20)25-21(24)16-4-2-1-3-5-16/h1-12H. The molecule has 4 aromatic rings. The Kier molecular flexibility index (Phi) is 3.92. The lowest BCUT2D eigenvalue weighted by Gasteiger charge is -2.03.